The molecule has 2 aliphatic rings. The van der Waals surface area contributed by atoms with Crippen LogP contribution in [0.1, 0.15) is 6.42 Å². The van der Waals surface area contributed by atoms with E-state index in [1.54, 1.807) is 0 Å². The summed E-state index contributed by atoms with van der Waals surface area (Å²) in [6, 6.07) is 0. The molecule has 1 radical (unpaired) electrons. The highest BCUT2D eigenvalue weighted by molar-refractivity contribution is 4.97. The van der Waals surface area contributed by atoms with Gasteiger partial charge in [0.05, 0.1) is 18.8 Å². The number of rotatable bonds is 0. The van der Waals surface area contributed by atoms with Crippen molar-refractivity contribution in [2.24, 2.45) is 0 Å². The quantitative estimate of drug-likeness (QED) is 0.480. The van der Waals surface area contributed by atoms with Crippen LogP contribution in [0, 0.1) is 0 Å². The van der Waals surface area contributed by atoms with Crippen molar-refractivity contribution in [2.75, 3.05) is 39.9 Å². The van der Waals surface area contributed by atoms with Crippen LogP contribution in [0.15, 0.2) is 0 Å². The van der Waals surface area contributed by atoms with Crippen molar-refractivity contribution in [1.29, 1.82) is 0 Å². The van der Waals surface area contributed by atoms with Crippen LogP contribution in [0.5, 0.6) is 0 Å². The normalized spacial score (nSPS) is 40.1. The second kappa shape index (κ2) is 2.73. The van der Waals surface area contributed by atoms with Gasteiger partial charge in [-0.1, -0.05) is 0 Å². The molecule has 0 bridgehead atoms. The smallest absolute Gasteiger partial charge is 0.0729 e. The predicted octanol–water partition coefficient (Wildman–Crippen LogP) is -0.305. The Hall–Kier alpha value is -0.120. The van der Waals surface area contributed by atoms with E-state index in [-0.39, 0.29) is 5.54 Å². The van der Waals surface area contributed by atoms with Gasteiger partial charge in [-0.15, -0.1) is 0 Å². The molecular formula is C8H15N2O. The Bertz CT molecular complexity index is 138. The third kappa shape index (κ3) is 1.41. The molecule has 2 fully saturated rings. The SMILES string of the molecule is CN1CCC2(COCC[N]2)C1. The molecule has 63 valence electrons. The first-order valence-electron chi connectivity index (χ1n) is 4.26. The largest absolute Gasteiger partial charge is 0.378 e. The van der Waals surface area contributed by atoms with Gasteiger partial charge in [0.2, 0.25) is 0 Å². The molecule has 3 heteroatoms. The number of hydrogen-bond donors (Lipinski definition) is 0. The Morgan fingerprint density at radius 1 is 1.55 bits per heavy atom. The minimum Gasteiger partial charge on any atom is -0.378 e. The van der Waals surface area contributed by atoms with Crippen LogP contribution in [0.2, 0.25) is 0 Å². The van der Waals surface area contributed by atoms with Crippen molar-refractivity contribution in [3.63, 3.8) is 0 Å². The summed E-state index contributed by atoms with van der Waals surface area (Å²) in [5, 5.41) is 4.64. The monoisotopic (exact) mass is 155 g/mol. The van der Waals surface area contributed by atoms with Gasteiger partial charge in [-0.3, -0.25) is 0 Å². The topological polar surface area (TPSA) is 26.6 Å². The van der Waals surface area contributed by atoms with Gasteiger partial charge >= 0.3 is 0 Å². The van der Waals surface area contributed by atoms with Crippen LogP contribution < -0.4 is 5.32 Å². The van der Waals surface area contributed by atoms with Crippen molar-refractivity contribution < 1.29 is 4.74 Å². The van der Waals surface area contributed by atoms with Gasteiger partial charge in [0.1, 0.15) is 0 Å². The van der Waals surface area contributed by atoms with Crippen molar-refractivity contribution in [2.45, 2.75) is 12.0 Å². The van der Waals surface area contributed by atoms with E-state index in [1.807, 2.05) is 0 Å². The number of ether oxygens (including phenoxy) is 1. The number of likely N-dealkylation sites (N-methyl/N-ethyl adjacent to an activating group) is 1. The molecule has 2 saturated heterocycles. The van der Waals surface area contributed by atoms with Crippen LogP contribution in [0.3, 0.4) is 0 Å². The first-order valence-corrected chi connectivity index (χ1v) is 4.26. The molecule has 1 spiro atoms. The van der Waals surface area contributed by atoms with E-state index in [0.717, 1.165) is 26.3 Å². The summed E-state index contributed by atoms with van der Waals surface area (Å²) in [7, 11) is 2.15. The van der Waals surface area contributed by atoms with Gasteiger partial charge in [0.25, 0.3) is 0 Å². The lowest BCUT2D eigenvalue weighted by Crippen LogP contribution is -2.51. The van der Waals surface area contributed by atoms with Crippen LogP contribution in [-0.4, -0.2) is 50.3 Å². The zero-order valence-electron chi connectivity index (χ0n) is 7.05. The molecule has 1 unspecified atom stereocenters. The Morgan fingerprint density at radius 3 is 3.00 bits per heavy atom. The molecule has 1 atom stereocenters. The van der Waals surface area contributed by atoms with E-state index in [1.165, 1.54) is 13.0 Å². The highest BCUT2D eigenvalue weighted by atomic mass is 16.5. The summed E-state index contributed by atoms with van der Waals surface area (Å²) in [5.74, 6) is 0. The molecule has 2 rings (SSSR count). The van der Waals surface area contributed by atoms with Crippen molar-refractivity contribution >= 4 is 0 Å². The molecule has 2 aliphatic heterocycles. The molecule has 0 aromatic rings. The molecule has 3 nitrogen and oxygen atoms in total. The highest BCUT2D eigenvalue weighted by Gasteiger charge is 2.39. The van der Waals surface area contributed by atoms with E-state index >= 15 is 0 Å². The summed E-state index contributed by atoms with van der Waals surface area (Å²) in [5.41, 5.74) is 0.174. The Kier molecular flexibility index (Phi) is 1.87. The summed E-state index contributed by atoms with van der Waals surface area (Å²) in [4.78, 5) is 2.33. The minimum absolute atomic E-state index is 0.174. The van der Waals surface area contributed by atoms with E-state index < -0.39 is 0 Å². The standard InChI is InChI=1S/C8H15N2O/c1-10-4-2-8(6-10)7-11-5-3-9-8/h2-7H2,1H3. The van der Waals surface area contributed by atoms with E-state index in [4.69, 9.17) is 4.74 Å². The number of likely N-dealkylation sites (tertiary alicyclic amines) is 1. The number of nitrogens with zero attached hydrogens (tertiary/aromatic N) is 2. The molecule has 0 N–H and O–H groups in total. The Morgan fingerprint density at radius 2 is 2.45 bits per heavy atom. The lowest BCUT2D eigenvalue weighted by molar-refractivity contribution is 0.0293. The van der Waals surface area contributed by atoms with Crippen LogP contribution in [0.4, 0.5) is 0 Å². The van der Waals surface area contributed by atoms with Crippen molar-refractivity contribution in [1.82, 2.24) is 10.2 Å². The second-order valence-corrected chi connectivity index (χ2v) is 3.65. The maximum absolute atomic E-state index is 5.44. The average molecular weight is 155 g/mol. The summed E-state index contributed by atoms with van der Waals surface area (Å²) in [6.45, 7) is 4.83. The van der Waals surface area contributed by atoms with Crippen LogP contribution in [-0.2, 0) is 4.74 Å². The van der Waals surface area contributed by atoms with Crippen molar-refractivity contribution in [3.8, 4) is 0 Å². The van der Waals surface area contributed by atoms with Crippen molar-refractivity contribution in [3.05, 3.63) is 0 Å². The fourth-order valence-corrected chi connectivity index (χ4v) is 1.96. The minimum atomic E-state index is 0.174. The molecule has 2 heterocycles. The zero-order valence-corrected chi connectivity index (χ0v) is 7.05. The molecule has 0 amide bonds. The van der Waals surface area contributed by atoms with Gasteiger partial charge in [-0.05, 0) is 20.0 Å². The molecule has 0 aromatic heterocycles. The van der Waals surface area contributed by atoms with Crippen LogP contribution >= 0.6 is 0 Å². The zero-order chi connectivity index (χ0) is 7.73. The van der Waals surface area contributed by atoms with Gasteiger partial charge in [-0.25, -0.2) is 5.32 Å². The lowest BCUT2D eigenvalue weighted by Gasteiger charge is -2.32. The summed E-state index contributed by atoms with van der Waals surface area (Å²) in [6.07, 6.45) is 1.18. The number of morpholine rings is 1. The fraction of sp³-hybridized carbons (Fsp3) is 1.00. The van der Waals surface area contributed by atoms with Crippen LogP contribution in [0.25, 0.3) is 0 Å². The Labute approximate surface area is 67.7 Å². The summed E-state index contributed by atoms with van der Waals surface area (Å²) < 4.78 is 5.44. The first-order chi connectivity index (χ1) is 5.31. The lowest BCUT2D eigenvalue weighted by atomic mass is 9.99. The molecule has 0 aromatic carbocycles. The van der Waals surface area contributed by atoms with Gasteiger partial charge in [0.15, 0.2) is 0 Å². The van der Waals surface area contributed by atoms with Gasteiger partial charge in [0, 0.05) is 13.1 Å². The molecular weight excluding hydrogens is 140 g/mol. The summed E-state index contributed by atoms with van der Waals surface area (Å²) >= 11 is 0. The van der Waals surface area contributed by atoms with Gasteiger partial charge < -0.3 is 9.64 Å². The predicted molar refractivity (Wildman–Crippen MR) is 42.7 cm³/mol. The third-order valence-corrected chi connectivity index (χ3v) is 2.58. The maximum Gasteiger partial charge on any atom is 0.0729 e. The van der Waals surface area contributed by atoms with Gasteiger partial charge in [-0.2, -0.15) is 0 Å². The highest BCUT2D eigenvalue weighted by Crippen LogP contribution is 2.23. The number of hydrogen-bond acceptors (Lipinski definition) is 2. The third-order valence-electron chi connectivity index (χ3n) is 2.58. The second-order valence-electron chi connectivity index (χ2n) is 3.65. The van der Waals surface area contributed by atoms with E-state index in [0.29, 0.717) is 0 Å². The average Bonchev–Trinajstić information content (AvgIpc) is 2.34. The molecule has 11 heavy (non-hydrogen) atoms. The molecule has 0 saturated carbocycles. The molecule has 0 aliphatic carbocycles. The van der Waals surface area contributed by atoms with E-state index in [2.05, 4.69) is 17.3 Å². The maximum atomic E-state index is 5.44. The fourth-order valence-electron chi connectivity index (χ4n) is 1.96. The van der Waals surface area contributed by atoms with E-state index in [9.17, 15) is 0 Å². The first kappa shape index (κ1) is 7.53. The Balaban J connectivity index is 1.98.